The fraction of sp³-hybridized carbons (Fsp3) is 0.250. The van der Waals surface area contributed by atoms with Gasteiger partial charge in [-0.25, -0.2) is 4.39 Å². The first-order valence-electron chi connectivity index (χ1n) is 5.45. The average molecular weight is 282 g/mol. The van der Waals surface area contributed by atoms with Gasteiger partial charge < -0.3 is 9.63 Å². The van der Waals surface area contributed by atoms with E-state index in [0.29, 0.717) is 28.6 Å². The smallest absolute Gasteiger partial charge is 0.313 e. The first-order chi connectivity index (χ1) is 9.06. The number of hydrogen-bond donors (Lipinski definition) is 1. The van der Waals surface area contributed by atoms with Crippen molar-refractivity contribution in [3.05, 3.63) is 35.5 Å². The fourth-order valence-electron chi connectivity index (χ4n) is 1.39. The van der Waals surface area contributed by atoms with E-state index < -0.39 is 5.97 Å². The molecule has 1 aromatic carbocycles. The van der Waals surface area contributed by atoms with Gasteiger partial charge in [-0.05, 0) is 18.6 Å². The van der Waals surface area contributed by atoms with Crippen LogP contribution in [0.25, 0.3) is 11.4 Å². The molecule has 0 atom stereocenters. The quantitative estimate of drug-likeness (QED) is 0.908. The summed E-state index contributed by atoms with van der Waals surface area (Å²) >= 11 is 1.16. The third kappa shape index (κ3) is 3.54. The lowest BCUT2D eigenvalue weighted by Gasteiger charge is -1.97. The van der Waals surface area contributed by atoms with Crippen LogP contribution in [0.2, 0.25) is 0 Å². The number of carboxylic acid groups (broad SMARTS) is 1. The molecule has 0 saturated carbocycles. The number of thioether (sulfide) groups is 1. The summed E-state index contributed by atoms with van der Waals surface area (Å²) in [7, 11) is 0. The number of carboxylic acids is 1. The minimum atomic E-state index is -0.898. The highest BCUT2D eigenvalue weighted by Gasteiger charge is 2.10. The van der Waals surface area contributed by atoms with Crippen molar-refractivity contribution in [3.63, 3.8) is 0 Å². The number of aromatic nitrogens is 2. The van der Waals surface area contributed by atoms with Crippen molar-refractivity contribution >= 4 is 17.7 Å². The Balaban J connectivity index is 2.07. The second-order valence-electron chi connectivity index (χ2n) is 3.86. The third-order valence-electron chi connectivity index (χ3n) is 2.35. The van der Waals surface area contributed by atoms with E-state index in [1.54, 1.807) is 19.1 Å². The molecular weight excluding hydrogens is 271 g/mol. The van der Waals surface area contributed by atoms with Gasteiger partial charge in [-0.1, -0.05) is 17.3 Å². The largest absolute Gasteiger partial charge is 0.481 e. The van der Waals surface area contributed by atoms with Crippen molar-refractivity contribution in [2.45, 2.75) is 12.7 Å². The van der Waals surface area contributed by atoms with Crippen molar-refractivity contribution in [1.82, 2.24) is 10.1 Å². The second-order valence-corrected chi connectivity index (χ2v) is 4.85. The zero-order valence-electron chi connectivity index (χ0n) is 10.1. The van der Waals surface area contributed by atoms with E-state index in [1.165, 1.54) is 6.07 Å². The van der Waals surface area contributed by atoms with Gasteiger partial charge in [0.05, 0.1) is 11.5 Å². The Bertz CT molecular complexity index is 600. The Kier molecular flexibility index (Phi) is 4.16. The summed E-state index contributed by atoms with van der Waals surface area (Å²) in [5.74, 6) is -0.327. The van der Waals surface area contributed by atoms with Gasteiger partial charge >= 0.3 is 5.97 Å². The number of carbonyl (C=O) groups is 1. The predicted molar refractivity (Wildman–Crippen MR) is 68.2 cm³/mol. The van der Waals surface area contributed by atoms with Gasteiger partial charge in [-0.15, -0.1) is 11.8 Å². The molecule has 1 N–H and O–H groups in total. The molecule has 0 amide bonds. The minimum Gasteiger partial charge on any atom is -0.481 e. The summed E-state index contributed by atoms with van der Waals surface area (Å²) in [6.45, 7) is 1.67. The van der Waals surface area contributed by atoms with E-state index >= 15 is 0 Å². The SMILES string of the molecule is Cc1ccc(-c2noc(CSCC(=O)O)n2)cc1F. The molecule has 0 aliphatic carbocycles. The van der Waals surface area contributed by atoms with Crippen molar-refractivity contribution in [1.29, 1.82) is 0 Å². The molecule has 0 unspecified atom stereocenters. The van der Waals surface area contributed by atoms with Crippen LogP contribution in [-0.2, 0) is 10.5 Å². The maximum absolute atomic E-state index is 13.4. The Morgan fingerprint density at radius 3 is 3.00 bits per heavy atom. The molecule has 2 rings (SSSR count). The van der Waals surface area contributed by atoms with Gasteiger partial charge in [0, 0.05) is 5.56 Å². The lowest BCUT2D eigenvalue weighted by atomic mass is 10.1. The van der Waals surface area contributed by atoms with Gasteiger partial charge in [-0.2, -0.15) is 4.98 Å². The molecule has 1 heterocycles. The Hall–Kier alpha value is -1.89. The summed E-state index contributed by atoms with van der Waals surface area (Å²) in [5.41, 5.74) is 1.07. The van der Waals surface area contributed by atoms with Crippen molar-refractivity contribution < 1.29 is 18.8 Å². The van der Waals surface area contributed by atoms with Crippen LogP contribution in [0.15, 0.2) is 22.7 Å². The molecule has 1 aromatic heterocycles. The zero-order valence-corrected chi connectivity index (χ0v) is 10.9. The molecule has 0 radical (unpaired) electrons. The molecule has 0 aliphatic rings. The molecule has 0 saturated heterocycles. The molecule has 2 aromatic rings. The number of hydrogen-bond acceptors (Lipinski definition) is 5. The van der Waals surface area contributed by atoms with Crippen molar-refractivity contribution in [2.24, 2.45) is 0 Å². The molecule has 0 aliphatic heterocycles. The molecule has 19 heavy (non-hydrogen) atoms. The second kappa shape index (κ2) is 5.83. The minimum absolute atomic E-state index is 0.0309. The van der Waals surface area contributed by atoms with Gasteiger partial charge in [0.2, 0.25) is 11.7 Å². The summed E-state index contributed by atoms with van der Waals surface area (Å²) in [6, 6.07) is 4.69. The molecule has 0 bridgehead atoms. The highest BCUT2D eigenvalue weighted by Crippen LogP contribution is 2.20. The molecule has 100 valence electrons. The number of aryl methyl sites for hydroxylation is 1. The first kappa shape index (κ1) is 13.5. The van der Waals surface area contributed by atoms with Crippen LogP contribution in [0, 0.1) is 12.7 Å². The van der Waals surface area contributed by atoms with E-state index in [0.717, 1.165) is 11.8 Å². The lowest BCUT2D eigenvalue weighted by molar-refractivity contribution is -0.133. The third-order valence-corrected chi connectivity index (χ3v) is 3.25. The average Bonchev–Trinajstić information content (AvgIpc) is 2.81. The van der Waals surface area contributed by atoms with Gasteiger partial charge in [0.1, 0.15) is 5.82 Å². The highest BCUT2D eigenvalue weighted by molar-refractivity contribution is 7.99. The van der Waals surface area contributed by atoms with Gasteiger partial charge in [-0.3, -0.25) is 4.79 Å². The van der Waals surface area contributed by atoms with E-state index in [1.807, 2.05) is 0 Å². The van der Waals surface area contributed by atoms with Crippen LogP contribution in [0.1, 0.15) is 11.5 Å². The Morgan fingerprint density at radius 2 is 2.32 bits per heavy atom. The van der Waals surface area contributed by atoms with Gasteiger partial charge in [0.15, 0.2) is 0 Å². The number of aliphatic carboxylic acids is 1. The number of benzene rings is 1. The molecule has 5 nitrogen and oxygen atoms in total. The van der Waals surface area contributed by atoms with Crippen molar-refractivity contribution in [3.8, 4) is 11.4 Å². The van der Waals surface area contributed by atoms with Crippen LogP contribution in [0.5, 0.6) is 0 Å². The Morgan fingerprint density at radius 1 is 1.53 bits per heavy atom. The van der Waals surface area contributed by atoms with E-state index in [-0.39, 0.29) is 11.6 Å². The van der Waals surface area contributed by atoms with Crippen LogP contribution in [0.3, 0.4) is 0 Å². The van der Waals surface area contributed by atoms with E-state index in [2.05, 4.69) is 10.1 Å². The Labute approximate surface area is 112 Å². The normalized spacial score (nSPS) is 10.6. The maximum atomic E-state index is 13.4. The van der Waals surface area contributed by atoms with Crippen LogP contribution >= 0.6 is 11.8 Å². The van der Waals surface area contributed by atoms with Crippen LogP contribution < -0.4 is 0 Å². The zero-order chi connectivity index (χ0) is 13.8. The number of halogens is 1. The van der Waals surface area contributed by atoms with Crippen LogP contribution in [0.4, 0.5) is 4.39 Å². The molecule has 0 fully saturated rings. The summed E-state index contributed by atoms with van der Waals surface area (Å²) in [6.07, 6.45) is 0. The maximum Gasteiger partial charge on any atom is 0.313 e. The lowest BCUT2D eigenvalue weighted by Crippen LogP contribution is -1.98. The van der Waals surface area contributed by atoms with Crippen molar-refractivity contribution in [2.75, 3.05) is 5.75 Å². The topological polar surface area (TPSA) is 76.2 Å². The standard InChI is InChI=1S/C12H11FN2O3S/c1-7-2-3-8(4-9(7)13)12-14-10(18-15-12)5-19-6-11(16)17/h2-4H,5-6H2,1H3,(H,16,17). The highest BCUT2D eigenvalue weighted by atomic mass is 32.2. The monoisotopic (exact) mass is 282 g/mol. The van der Waals surface area contributed by atoms with E-state index in [4.69, 9.17) is 9.63 Å². The van der Waals surface area contributed by atoms with Crippen LogP contribution in [-0.4, -0.2) is 27.0 Å². The summed E-state index contributed by atoms with van der Waals surface area (Å²) in [5, 5.41) is 12.2. The molecular formula is C12H11FN2O3S. The van der Waals surface area contributed by atoms with E-state index in [9.17, 15) is 9.18 Å². The summed E-state index contributed by atoms with van der Waals surface area (Å²) < 4.78 is 18.4. The summed E-state index contributed by atoms with van der Waals surface area (Å²) in [4.78, 5) is 14.4. The first-order valence-corrected chi connectivity index (χ1v) is 6.60. The fourth-order valence-corrected chi connectivity index (χ4v) is 1.96. The number of nitrogens with zero attached hydrogens (tertiary/aromatic N) is 2. The predicted octanol–water partition coefficient (Wildman–Crippen LogP) is 2.50. The molecule has 7 heteroatoms. The van der Waals surface area contributed by atoms with Gasteiger partial charge in [0.25, 0.3) is 0 Å². The number of rotatable bonds is 5. The molecule has 0 spiro atoms.